The van der Waals surface area contributed by atoms with Crippen molar-refractivity contribution in [1.82, 2.24) is 9.80 Å². The van der Waals surface area contributed by atoms with Gasteiger partial charge in [0.15, 0.2) is 0 Å². The first-order valence-corrected chi connectivity index (χ1v) is 6.32. The second-order valence-corrected chi connectivity index (χ2v) is 6.50. The zero-order valence-corrected chi connectivity index (χ0v) is 12.1. The van der Waals surface area contributed by atoms with Gasteiger partial charge in [-0.2, -0.15) is 0 Å². The molecule has 1 heterocycles. The molecule has 1 fully saturated rings. The van der Waals surface area contributed by atoms with Gasteiger partial charge < -0.3 is 15.5 Å². The van der Waals surface area contributed by atoms with E-state index in [0.29, 0.717) is 6.04 Å². The Morgan fingerprint density at radius 3 is 2.18 bits per heavy atom. The van der Waals surface area contributed by atoms with Gasteiger partial charge in [0, 0.05) is 24.7 Å². The Balaban J connectivity index is 2.73. The van der Waals surface area contributed by atoms with Crippen LogP contribution in [0.3, 0.4) is 0 Å². The minimum atomic E-state index is -0.520. The zero-order valence-electron chi connectivity index (χ0n) is 12.1. The van der Waals surface area contributed by atoms with E-state index < -0.39 is 11.0 Å². The standard InChI is InChI=1S/C13H27N3O/c1-12(2,13(3,4)14)11(17)16-8-7-10(9-16)15(5)6/h10H,7-9,14H2,1-6H3. The van der Waals surface area contributed by atoms with Crippen molar-refractivity contribution < 1.29 is 4.79 Å². The van der Waals surface area contributed by atoms with Crippen molar-refractivity contribution in [1.29, 1.82) is 0 Å². The molecule has 1 aliphatic rings. The monoisotopic (exact) mass is 241 g/mol. The van der Waals surface area contributed by atoms with Crippen molar-refractivity contribution >= 4 is 5.91 Å². The molecule has 0 aromatic rings. The quantitative estimate of drug-likeness (QED) is 0.799. The van der Waals surface area contributed by atoms with E-state index in [-0.39, 0.29) is 5.91 Å². The maximum absolute atomic E-state index is 12.5. The number of likely N-dealkylation sites (N-methyl/N-ethyl adjacent to an activating group) is 1. The van der Waals surface area contributed by atoms with E-state index in [1.165, 1.54) is 0 Å². The van der Waals surface area contributed by atoms with Crippen molar-refractivity contribution in [3.8, 4) is 0 Å². The van der Waals surface area contributed by atoms with Gasteiger partial charge >= 0.3 is 0 Å². The molecule has 17 heavy (non-hydrogen) atoms. The minimum absolute atomic E-state index is 0.175. The van der Waals surface area contributed by atoms with Gasteiger partial charge in [-0.3, -0.25) is 4.79 Å². The number of nitrogens with zero attached hydrogens (tertiary/aromatic N) is 2. The van der Waals surface area contributed by atoms with Crippen molar-refractivity contribution in [2.45, 2.75) is 45.7 Å². The van der Waals surface area contributed by atoms with Crippen molar-refractivity contribution in [2.24, 2.45) is 11.1 Å². The molecule has 1 rings (SSSR count). The lowest BCUT2D eigenvalue weighted by Crippen LogP contribution is -2.56. The van der Waals surface area contributed by atoms with Crippen LogP contribution in [0.4, 0.5) is 0 Å². The summed E-state index contributed by atoms with van der Waals surface area (Å²) in [7, 11) is 4.13. The molecule has 1 atom stereocenters. The molecule has 4 heteroatoms. The predicted octanol–water partition coefficient (Wildman–Crippen LogP) is 0.912. The first-order chi connectivity index (χ1) is 7.57. The summed E-state index contributed by atoms with van der Waals surface area (Å²) < 4.78 is 0. The molecule has 0 aromatic heterocycles. The van der Waals surface area contributed by atoms with E-state index in [4.69, 9.17) is 5.73 Å². The summed E-state index contributed by atoms with van der Waals surface area (Å²) in [5, 5.41) is 0. The number of carbonyl (C=O) groups excluding carboxylic acids is 1. The molecule has 0 aliphatic carbocycles. The Hall–Kier alpha value is -0.610. The second-order valence-electron chi connectivity index (χ2n) is 6.50. The summed E-state index contributed by atoms with van der Waals surface area (Å²) in [6.07, 6.45) is 1.06. The lowest BCUT2D eigenvalue weighted by Gasteiger charge is -2.39. The summed E-state index contributed by atoms with van der Waals surface area (Å²) in [5.41, 5.74) is 5.10. The number of amides is 1. The van der Waals surface area contributed by atoms with Crippen LogP contribution in [0.15, 0.2) is 0 Å². The molecule has 0 bridgehead atoms. The second kappa shape index (κ2) is 4.58. The van der Waals surface area contributed by atoms with Gasteiger partial charge in [0.25, 0.3) is 0 Å². The van der Waals surface area contributed by atoms with Crippen LogP contribution in [0.25, 0.3) is 0 Å². The molecule has 0 aromatic carbocycles. The SMILES string of the molecule is CN(C)C1CCN(C(=O)C(C)(C)C(C)(C)N)C1. The fourth-order valence-electron chi connectivity index (χ4n) is 2.02. The normalized spacial score (nSPS) is 22.4. The third-order valence-electron chi connectivity index (χ3n) is 4.33. The molecular formula is C13H27N3O. The van der Waals surface area contributed by atoms with Gasteiger partial charge in [0.1, 0.15) is 0 Å². The summed E-state index contributed by atoms with van der Waals surface area (Å²) >= 11 is 0. The maximum atomic E-state index is 12.5. The summed E-state index contributed by atoms with van der Waals surface area (Å²) in [5.74, 6) is 0.175. The minimum Gasteiger partial charge on any atom is -0.341 e. The fraction of sp³-hybridized carbons (Fsp3) is 0.923. The Kier molecular flexibility index (Phi) is 3.89. The highest BCUT2D eigenvalue weighted by Crippen LogP contribution is 2.32. The molecule has 4 nitrogen and oxygen atoms in total. The number of hydrogen-bond acceptors (Lipinski definition) is 3. The highest BCUT2D eigenvalue weighted by Gasteiger charge is 2.44. The van der Waals surface area contributed by atoms with Crippen LogP contribution in [0.5, 0.6) is 0 Å². The highest BCUT2D eigenvalue weighted by atomic mass is 16.2. The van der Waals surface area contributed by atoms with Crippen LogP contribution in [-0.4, -0.2) is 54.5 Å². The molecule has 1 saturated heterocycles. The van der Waals surface area contributed by atoms with E-state index in [9.17, 15) is 4.79 Å². The van der Waals surface area contributed by atoms with Gasteiger partial charge in [-0.25, -0.2) is 0 Å². The van der Waals surface area contributed by atoms with Gasteiger partial charge in [-0.15, -0.1) is 0 Å². The first kappa shape index (κ1) is 14.5. The third kappa shape index (κ3) is 2.80. The van der Waals surface area contributed by atoms with Crippen LogP contribution in [0.2, 0.25) is 0 Å². The molecule has 0 spiro atoms. The Morgan fingerprint density at radius 1 is 1.29 bits per heavy atom. The number of hydrogen-bond donors (Lipinski definition) is 1. The smallest absolute Gasteiger partial charge is 0.230 e. The zero-order chi connectivity index (χ0) is 13.4. The number of likely N-dealkylation sites (tertiary alicyclic amines) is 1. The number of carbonyl (C=O) groups is 1. The Bertz CT molecular complexity index is 292. The van der Waals surface area contributed by atoms with E-state index in [0.717, 1.165) is 19.5 Å². The molecular weight excluding hydrogens is 214 g/mol. The lowest BCUT2D eigenvalue weighted by molar-refractivity contribution is -0.142. The average Bonchev–Trinajstić information content (AvgIpc) is 2.63. The van der Waals surface area contributed by atoms with Crippen LogP contribution in [-0.2, 0) is 4.79 Å². The van der Waals surface area contributed by atoms with Crippen molar-refractivity contribution in [3.63, 3.8) is 0 Å². The molecule has 0 radical (unpaired) electrons. The largest absolute Gasteiger partial charge is 0.341 e. The Morgan fingerprint density at radius 2 is 1.82 bits per heavy atom. The molecule has 0 saturated carbocycles. The van der Waals surface area contributed by atoms with E-state index in [1.807, 2.05) is 32.6 Å². The van der Waals surface area contributed by atoms with Gasteiger partial charge in [0.05, 0.1) is 5.41 Å². The lowest BCUT2D eigenvalue weighted by atomic mass is 9.74. The summed E-state index contributed by atoms with van der Waals surface area (Å²) in [4.78, 5) is 16.7. The van der Waals surface area contributed by atoms with Gasteiger partial charge in [0.2, 0.25) is 5.91 Å². The van der Waals surface area contributed by atoms with E-state index >= 15 is 0 Å². The topological polar surface area (TPSA) is 49.6 Å². The van der Waals surface area contributed by atoms with Crippen LogP contribution < -0.4 is 5.73 Å². The number of nitrogens with two attached hydrogens (primary N) is 1. The molecule has 1 amide bonds. The van der Waals surface area contributed by atoms with Gasteiger partial charge in [-0.05, 0) is 48.2 Å². The van der Waals surface area contributed by atoms with Gasteiger partial charge in [-0.1, -0.05) is 0 Å². The van der Waals surface area contributed by atoms with E-state index in [1.54, 1.807) is 0 Å². The summed E-state index contributed by atoms with van der Waals surface area (Å²) in [6.45, 7) is 9.40. The average molecular weight is 241 g/mol. The van der Waals surface area contributed by atoms with Crippen LogP contribution >= 0.6 is 0 Å². The van der Waals surface area contributed by atoms with Crippen LogP contribution in [0, 0.1) is 5.41 Å². The van der Waals surface area contributed by atoms with Crippen molar-refractivity contribution in [3.05, 3.63) is 0 Å². The molecule has 1 unspecified atom stereocenters. The highest BCUT2D eigenvalue weighted by molar-refractivity contribution is 5.83. The van der Waals surface area contributed by atoms with Crippen molar-refractivity contribution in [2.75, 3.05) is 27.2 Å². The fourth-order valence-corrected chi connectivity index (χ4v) is 2.02. The molecule has 100 valence electrons. The summed E-state index contributed by atoms with van der Waals surface area (Å²) in [6, 6.07) is 0.482. The molecule has 1 aliphatic heterocycles. The van der Waals surface area contributed by atoms with Crippen LogP contribution in [0.1, 0.15) is 34.1 Å². The maximum Gasteiger partial charge on any atom is 0.230 e. The first-order valence-electron chi connectivity index (χ1n) is 6.32. The Labute approximate surface area is 105 Å². The predicted molar refractivity (Wildman–Crippen MR) is 70.7 cm³/mol. The van der Waals surface area contributed by atoms with E-state index in [2.05, 4.69) is 19.0 Å². The third-order valence-corrected chi connectivity index (χ3v) is 4.33. The number of rotatable bonds is 3. The molecule has 2 N–H and O–H groups in total.